The van der Waals surface area contributed by atoms with Crippen molar-refractivity contribution in [3.8, 4) is 17.0 Å². The molecule has 0 radical (unpaired) electrons. The van der Waals surface area contributed by atoms with E-state index in [1.165, 1.54) is 25.0 Å². The number of carbonyl (C=O) groups is 1. The van der Waals surface area contributed by atoms with Gasteiger partial charge in [-0.1, -0.05) is 24.3 Å². The van der Waals surface area contributed by atoms with Gasteiger partial charge in [-0.25, -0.2) is 4.39 Å². The van der Waals surface area contributed by atoms with Crippen molar-refractivity contribution < 1.29 is 13.9 Å². The Morgan fingerprint density at radius 2 is 1.86 bits per heavy atom. The van der Waals surface area contributed by atoms with Crippen molar-refractivity contribution in [1.82, 2.24) is 10.2 Å². The number of hydrogen-bond donors (Lipinski definition) is 1. The first-order chi connectivity index (χ1) is 14.2. The first-order valence-corrected chi connectivity index (χ1v) is 9.55. The molecular weight excluding hydrogens is 371 g/mol. The van der Waals surface area contributed by atoms with E-state index in [1.54, 1.807) is 18.2 Å². The van der Waals surface area contributed by atoms with E-state index >= 15 is 0 Å². The largest absolute Gasteiger partial charge is 0.481 e. The van der Waals surface area contributed by atoms with E-state index in [0.717, 1.165) is 30.2 Å². The topological polar surface area (TPSA) is 67.3 Å². The van der Waals surface area contributed by atoms with Gasteiger partial charge in [0.2, 0.25) is 0 Å². The van der Waals surface area contributed by atoms with E-state index in [2.05, 4.69) is 20.4 Å². The van der Waals surface area contributed by atoms with Crippen molar-refractivity contribution in [3.63, 3.8) is 0 Å². The molecule has 1 aromatic heterocycles. The molecule has 0 atom stereocenters. The summed E-state index contributed by atoms with van der Waals surface area (Å²) in [6.45, 7) is 1.75. The Hall–Kier alpha value is -3.48. The van der Waals surface area contributed by atoms with Gasteiger partial charge in [0.25, 0.3) is 5.91 Å². The van der Waals surface area contributed by atoms with Gasteiger partial charge in [0.15, 0.2) is 24.0 Å². The molecule has 2 heterocycles. The predicted octanol–water partition coefficient (Wildman–Crippen LogP) is 3.90. The Labute approximate surface area is 168 Å². The fourth-order valence-electron chi connectivity index (χ4n) is 3.25. The van der Waals surface area contributed by atoms with Crippen LogP contribution in [0, 0.1) is 5.82 Å². The molecule has 1 amide bonds. The first kappa shape index (κ1) is 18.9. The van der Waals surface area contributed by atoms with Crippen LogP contribution in [0.3, 0.4) is 0 Å². The Bertz CT molecular complexity index is 988. The van der Waals surface area contributed by atoms with Gasteiger partial charge in [-0.05, 0) is 49.2 Å². The molecule has 0 bridgehead atoms. The van der Waals surface area contributed by atoms with Gasteiger partial charge in [0, 0.05) is 24.3 Å². The smallest absolute Gasteiger partial charge is 0.262 e. The molecular formula is C22H21FN4O2. The maximum atomic E-state index is 13.6. The van der Waals surface area contributed by atoms with E-state index in [4.69, 9.17) is 4.74 Å². The highest BCUT2D eigenvalue weighted by atomic mass is 19.1. The average Bonchev–Trinajstić information content (AvgIpc) is 3.28. The van der Waals surface area contributed by atoms with Gasteiger partial charge >= 0.3 is 0 Å². The number of hydrogen-bond acceptors (Lipinski definition) is 5. The van der Waals surface area contributed by atoms with Crippen LogP contribution in [0.15, 0.2) is 60.7 Å². The lowest BCUT2D eigenvalue weighted by molar-refractivity contribution is -0.118. The molecule has 0 spiro atoms. The summed E-state index contributed by atoms with van der Waals surface area (Å²) in [6.07, 6.45) is 2.37. The van der Waals surface area contributed by atoms with Crippen LogP contribution < -0.4 is 15.0 Å². The van der Waals surface area contributed by atoms with Crippen molar-refractivity contribution in [1.29, 1.82) is 0 Å². The summed E-state index contributed by atoms with van der Waals surface area (Å²) in [5.74, 6) is 0.0601. The van der Waals surface area contributed by atoms with E-state index in [-0.39, 0.29) is 18.3 Å². The summed E-state index contributed by atoms with van der Waals surface area (Å²) < 4.78 is 18.8. The highest BCUT2D eigenvalue weighted by Crippen LogP contribution is 2.23. The molecule has 1 fully saturated rings. The molecule has 29 heavy (non-hydrogen) atoms. The number of para-hydroxylation sites is 1. The lowest BCUT2D eigenvalue weighted by atomic mass is 10.1. The molecule has 0 aliphatic carbocycles. The standard InChI is InChI=1S/C22H21FN4O2/c23-18-8-1-2-9-20(18)29-15-22(28)24-17-7-5-6-16(14-17)19-10-11-21(26-25-19)27-12-3-4-13-27/h1-2,5-11,14H,3-4,12-13,15H2,(H,24,28). The van der Waals surface area contributed by atoms with E-state index in [0.29, 0.717) is 5.69 Å². The summed E-state index contributed by atoms with van der Waals surface area (Å²) in [5, 5.41) is 11.4. The molecule has 1 saturated heterocycles. The maximum Gasteiger partial charge on any atom is 0.262 e. The fraction of sp³-hybridized carbons (Fsp3) is 0.227. The summed E-state index contributed by atoms with van der Waals surface area (Å²) in [7, 11) is 0. The quantitative estimate of drug-likeness (QED) is 0.689. The van der Waals surface area contributed by atoms with E-state index < -0.39 is 5.82 Å². The number of rotatable bonds is 6. The third kappa shape index (κ3) is 4.68. The van der Waals surface area contributed by atoms with Gasteiger partial charge in [-0.3, -0.25) is 4.79 Å². The summed E-state index contributed by atoms with van der Waals surface area (Å²) >= 11 is 0. The first-order valence-electron chi connectivity index (χ1n) is 9.55. The molecule has 1 aliphatic rings. The number of nitrogens with zero attached hydrogens (tertiary/aromatic N) is 3. The summed E-state index contributed by atoms with van der Waals surface area (Å²) in [4.78, 5) is 14.4. The Kier molecular flexibility index (Phi) is 5.65. The van der Waals surface area contributed by atoms with Crippen molar-refractivity contribution in [2.45, 2.75) is 12.8 Å². The van der Waals surface area contributed by atoms with Crippen LogP contribution in [0.1, 0.15) is 12.8 Å². The minimum absolute atomic E-state index is 0.0461. The molecule has 1 aliphatic heterocycles. The number of ether oxygens (including phenoxy) is 1. The second kappa shape index (κ2) is 8.68. The van der Waals surface area contributed by atoms with Crippen LogP contribution >= 0.6 is 0 Å². The van der Waals surface area contributed by atoms with Gasteiger partial charge in [0.1, 0.15) is 0 Å². The molecule has 3 aromatic rings. The minimum atomic E-state index is -0.502. The number of carbonyl (C=O) groups excluding carboxylic acids is 1. The van der Waals surface area contributed by atoms with Gasteiger partial charge < -0.3 is 15.0 Å². The number of halogens is 1. The molecule has 7 heteroatoms. The fourth-order valence-corrected chi connectivity index (χ4v) is 3.25. The maximum absolute atomic E-state index is 13.6. The zero-order valence-electron chi connectivity index (χ0n) is 15.8. The van der Waals surface area contributed by atoms with Crippen LogP contribution in [-0.4, -0.2) is 35.8 Å². The van der Waals surface area contributed by atoms with Crippen LogP contribution in [-0.2, 0) is 4.79 Å². The zero-order valence-corrected chi connectivity index (χ0v) is 15.8. The minimum Gasteiger partial charge on any atom is -0.481 e. The zero-order chi connectivity index (χ0) is 20.1. The number of aromatic nitrogens is 2. The van der Waals surface area contributed by atoms with Crippen LogP contribution in [0.25, 0.3) is 11.3 Å². The number of anilines is 2. The Morgan fingerprint density at radius 3 is 2.62 bits per heavy atom. The van der Waals surface area contributed by atoms with Crippen LogP contribution in [0.4, 0.5) is 15.9 Å². The highest BCUT2D eigenvalue weighted by molar-refractivity contribution is 5.92. The predicted molar refractivity (Wildman–Crippen MR) is 109 cm³/mol. The monoisotopic (exact) mass is 392 g/mol. The molecule has 4 rings (SSSR count). The van der Waals surface area contributed by atoms with Crippen molar-refractivity contribution in [2.24, 2.45) is 0 Å². The van der Waals surface area contributed by atoms with Gasteiger partial charge in [-0.2, -0.15) is 0 Å². The van der Waals surface area contributed by atoms with E-state index in [9.17, 15) is 9.18 Å². The SMILES string of the molecule is O=C(COc1ccccc1F)Nc1cccc(-c2ccc(N3CCCC3)nn2)c1. The third-order valence-corrected chi connectivity index (χ3v) is 4.72. The van der Waals surface area contributed by atoms with Crippen molar-refractivity contribution >= 4 is 17.4 Å². The average molecular weight is 392 g/mol. The number of amides is 1. The Balaban J connectivity index is 1.39. The molecule has 148 valence electrons. The molecule has 1 N–H and O–H groups in total. The molecule has 6 nitrogen and oxygen atoms in total. The lowest BCUT2D eigenvalue weighted by Crippen LogP contribution is -2.20. The number of benzene rings is 2. The highest BCUT2D eigenvalue weighted by Gasteiger charge is 2.14. The second-order valence-electron chi connectivity index (χ2n) is 6.82. The number of nitrogens with one attached hydrogen (secondary N) is 1. The summed E-state index contributed by atoms with van der Waals surface area (Å²) in [5.41, 5.74) is 2.18. The normalized spacial score (nSPS) is 13.3. The molecule has 2 aromatic carbocycles. The lowest BCUT2D eigenvalue weighted by Gasteiger charge is -2.15. The Morgan fingerprint density at radius 1 is 1.03 bits per heavy atom. The van der Waals surface area contributed by atoms with Crippen LogP contribution in [0.5, 0.6) is 5.75 Å². The second-order valence-corrected chi connectivity index (χ2v) is 6.82. The van der Waals surface area contributed by atoms with Crippen LogP contribution in [0.2, 0.25) is 0 Å². The summed E-state index contributed by atoms with van der Waals surface area (Å²) in [6, 6.07) is 17.2. The third-order valence-electron chi connectivity index (χ3n) is 4.72. The molecule has 0 saturated carbocycles. The van der Waals surface area contributed by atoms with Crippen molar-refractivity contribution in [2.75, 3.05) is 29.9 Å². The van der Waals surface area contributed by atoms with Crippen molar-refractivity contribution in [3.05, 3.63) is 66.5 Å². The molecule has 0 unspecified atom stereocenters. The van der Waals surface area contributed by atoms with E-state index in [1.807, 2.05) is 30.3 Å². The van der Waals surface area contributed by atoms with Gasteiger partial charge in [0.05, 0.1) is 5.69 Å². The van der Waals surface area contributed by atoms with Gasteiger partial charge in [-0.15, -0.1) is 10.2 Å².